The first-order valence-corrected chi connectivity index (χ1v) is 7.52. The van der Waals surface area contributed by atoms with Crippen LogP contribution in [0.5, 0.6) is 0 Å². The van der Waals surface area contributed by atoms with Crippen LogP contribution >= 0.6 is 11.3 Å². The van der Waals surface area contributed by atoms with Gasteiger partial charge >= 0.3 is 6.03 Å². The highest BCUT2D eigenvalue weighted by molar-refractivity contribution is 7.14. The fourth-order valence-electron chi connectivity index (χ4n) is 1.95. The maximum absolute atomic E-state index is 11.6. The second-order valence-electron chi connectivity index (χ2n) is 4.94. The summed E-state index contributed by atoms with van der Waals surface area (Å²) in [6.45, 7) is 3.81. The number of fused-ring (bicyclic) bond motifs is 1. The number of carbonyl (C=O) groups excluding carboxylic acids is 1. The molecule has 0 bridgehead atoms. The lowest BCUT2D eigenvalue weighted by atomic mass is 10.2. The minimum atomic E-state index is -0.254. The molecule has 2 N–H and O–H groups in total. The van der Waals surface area contributed by atoms with Crippen LogP contribution in [-0.4, -0.2) is 17.1 Å². The summed E-state index contributed by atoms with van der Waals surface area (Å²) in [6, 6.07) is 9.58. The van der Waals surface area contributed by atoms with Crippen molar-refractivity contribution in [2.75, 3.05) is 5.32 Å². The second-order valence-corrected chi connectivity index (χ2v) is 5.80. The van der Waals surface area contributed by atoms with Gasteiger partial charge in [0.15, 0.2) is 10.9 Å². The molecular weight excluding hydrogens is 286 g/mol. The fourth-order valence-corrected chi connectivity index (χ4v) is 2.64. The van der Waals surface area contributed by atoms with Gasteiger partial charge in [0.05, 0.1) is 0 Å². The second kappa shape index (κ2) is 5.57. The minimum absolute atomic E-state index is 0.0832. The van der Waals surface area contributed by atoms with Crippen molar-refractivity contribution in [3.8, 4) is 11.5 Å². The van der Waals surface area contributed by atoms with Crippen molar-refractivity contribution in [3.63, 3.8) is 0 Å². The van der Waals surface area contributed by atoms with Gasteiger partial charge in [-0.15, -0.1) is 11.3 Å². The molecule has 3 aromatic rings. The molecule has 0 radical (unpaired) electrons. The molecule has 0 aliphatic carbocycles. The zero-order valence-corrected chi connectivity index (χ0v) is 12.5. The van der Waals surface area contributed by atoms with Gasteiger partial charge in [0.1, 0.15) is 11.3 Å². The normalized spacial score (nSPS) is 11.0. The molecule has 6 heteroatoms. The molecule has 0 spiro atoms. The predicted octanol–water partition coefficient (Wildman–Crippen LogP) is 4.09. The summed E-state index contributed by atoms with van der Waals surface area (Å²) in [4.78, 5) is 16.0. The van der Waals surface area contributed by atoms with Crippen molar-refractivity contribution in [2.24, 2.45) is 0 Å². The molecule has 0 saturated carbocycles. The van der Waals surface area contributed by atoms with E-state index >= 15 is 0 Å². The molecular formula is C15H15N3O2S. The van der Waals surface area contributed by atoms with Crippen molar-refractivity contribution in [1.82, 2.24) is 10.3 Å². The quantitative estimate of drug-likeness (QED) is 0.765. The number of aromatic nitrogens is 1. The minimum Gasteiger partial charge on any atom is -0.454 e. The molecule has 2 heterocycles. The van der Waals surface area contributed by atoms with E-state index in [1.807, 2.05) is 49.6 Å². The average Bonchev–Trinajstić information content (AvgIpc) is 3.03. The highest BCUT2D eigenvalue weighted by atomic mass is 32.1. The average molecular weight is 301 g/mol. The van der Waals surface area contributed by atoms with Gasteiger partial charge in [-0.3, -0.25) is 5.32 Å². The summed E-state index contributed by atoms with van der Waals surface area (Å²) < 4.78 is 5.75. The van der Waals surface area contributed by atoms with E-state index in [4.69, 9.17) is 4.42 Å². The number of hydrogen-bond acceptors (Lipinski definition) is 4. The molecule has 21 heavy (non-hydrogen) atoms. The van der Waals surface area contributed by atoms with Crippen LogP contribution in [0.1, 0.15) is 13.8 Å². The Morgan fingerprint density at radius 1 is 1.33 bits per heavy atom. The van der Waals surface area contributed by atoms with Gasteiger partial charge in [-0.05, 0) is 26.0 Å². The molecule has 3 rings (SSSR count). The maximum Gasteiger partial charge on any atom is 0.321 e. The number of anilines is 1. The summed E-state index contributed by atoms with van der Waals surface area (Å²) in [7, 11) is 0. The molecule has 0 aliphatic heterocycles. The first kappa shape index (κ1) is 13.6. The number of rotatable bonds is 3. The van der Waals surface area contributed by atoms with E-state index in [-0.39, 0.29) is 12.1 Å². The summed E-state index contributed by atoms with van der Waals surface area (Å²) in [5.41, 5.74) is 1.55. The van der Waals surface area contributed by atoms with Gasteiger partial charge in [0, 0.05) is 16.8 Å². The van der Waals surface area contributed by atoms with Crippen LogP contribution in [0, 0.1) is 0 Å². The third-order valence-corrected chi connectivity index (χ3v) is 3.58. The number of nitrogens with one attached hydrogen (secondary N) is 2. The first-order valence-electron chi connectivity index (χ1n) is 6.64. The lowest BCUT2D eigenvalue weighted by Crippen LogP contribution is -2.34. The molecule has 0 saturated heterocycles. The Morgan fingerprint density at radius 2 is 2.14 bits per heavy atom. The Balaban J connectivity index is 1.79. The number of urea groups is 1. The molecule has 0 atom stereocenters. The molecule has 1 aromatic carbocycles. The Kier molecular flexibility index (Phi) is 3.62. The molecule has 0 aliphatic rings. The number of thiazole rings is 1. The predicted molar refractivity (Wildman–Crippen MR) is 84.6 cm³/mol. The van der Waals surface area contributed by atoms with Gasteiger partial charge in [-0.25, -0.2) is 9.78 Å². The molecule has 2 amide bonds. The molecule has 0 unspecified atom stereocenters. The van der Waals surface area contributed by atoms with Crippen LogP contribution in [0.4, 0.5) is 9.93 Å². The van der Waals surface area contributed by atoms with Crippen molar-refractivity contribution in [1.29, 1.82) is 0 Å². The highest BCUT2D eigenvalue weighted by Crippen LogP contribution is 2.30. The largest absolute Gasteiger partial charge is 0.454 e. The fraction of sp³-hybridized carbons (Fsp3) is 0.200. The summed E-state index contributed by atoms with van der Waals surface area (Å²) >= 11 is 1.37. The Bertz CT molecular complexity index is 743. The topological polar surface area (TPSA) is 67.2 Å². The lowest BCUT2D eigenvalue weighted by molar-refractivity contribution is 0.250. The van der Waals surface area contributed by atoms with Crippen molar-refractivity contribution in [2.45, 2.75) is 19.9 Å². The van der Waals surface area contributed by atoms with E-state index in [1.54, 1.807) is 0 Å². The van der Waals surface area contributed by atoms with Crippen LogP contribution in [0.15, 0.2) is 40.1 Å². The highest BCUT2D eigenvalue weighted by Gasteiger charge is 2.11. The zero-order chi connectivity index (χ0) is 14.8. The number of nitrogens with zero attached hydrogens (tertiary/aromatic N) is 1. The number of amides is 2. The summed E-state index contributed by atoms with van der Waals surface area (Å²) in [5.74, 6) is 0.699. The van der Waals surface area contributed by atoms with Crippen LogP contribution in [0.3, 0.4) is 0 Å². The van der Waals surface area contributed by atoms with Crippen molar-refractivity contribution in [3.05, 3.63) is 35.7 Å². The van der Waals surface area contributed by atoms with Crippen molar-refractivity contribution < 1.29 is 9.21 Å². The standard InChI is InChI=1S/C15H15N3O2S/c1-9(2)16-14(19)18-15-17-11(8-21-15)13-7-10-5-3-4-6-12(10)20-13/h3-9H,1-2H3,(H2,16,17,18,19). The SMILES string of the molecule is CC(C)NC(=O)Nc1nc(-c2cc3ccccc3o2)cs1. The van der Waals surface area contributed by atoms with E-state index in [1.165, 1.54) is 11.3 Å². The smallest absolute Gasteiger partial charge is 0.321 e. The van der Waals surface area contributed by atoms with Gasteiger partial charge in [0.2, 0.25) is 0 Å². The van der Waals surface area contributed by atoms with Gasteiger partial charge in [0.25, 0.3) is 0 Å². The lowest BCUT2D eigenvalue weighted by Gasteiger charge is -2.07. The molecule has 2 aromatic heterocycles. The van der Waals surface area contributed by atoms with Gasteiger partial charge in [-0.2, -0.15) is 0 Å². The Labute approximate surface area is 126 Å². The molecule has 108 valence electrons. The third kappa shape index (κ3) is 3.05. The van der Waals surface area contributed by atoms with Gasteiger partial charge in [-0.1, -0.05) is 18.2 Å². The van der Waals surface area contributed by atoms with Crippen LogP contribution < -0.4 is 10.6 Å². The van der Waals surface area contributed by atoms with Gasteiger partial charge < -0.3 is 9.73 Å². The van der Waals surface area contributed by atoms with Crippen LogP contribution in [0.25, 0.3) is 22.4 Å². The Hall–Kier alpha value is -2.34. The summed E-state index contributed by atoms with van der Waals surface area (Å²) in [5, 5.41) is 8.91. The van der Waals surface area contributed by atoms with Crippen molar-refractivity contribution >= 4 is 33.5 Å². The zero-order valence-electron chi connectivity index (χ0n) is 11.7. The monoisotopic (exact) mass is 301 g/mol. The van der Waals surface area contributed by atoms with E-state index in [0.717, 1.165) is 16.7 Å². The molecule has 5 nitrogen and oxygen atoms in total. The molecule has 0 fully saturated rings. The number of benzene rings is 1. The number of carbonyl (C=O) groups is 1. The van der Waals surface area contributed by atoms with E-state index in [0.29, 0.717) is 10.9 Å². The summed E-state index contributed by atoms with van der Waals surface area (Å²) in [6.07, 6.45) is 0. The number of hydrogen-bond donors (Lipinski definition) is 2. The Morgan fingerprint density at radius 3 is 2.90 bits per heavy atom. The first-order chi connectivity index (χ1) is 10.1. The number of furan rings is 1. The van der Waals surface area contributed by atoms with Crippen LogP contribution in [-0.2, 0) is 0 Å². The third-order valence-electron chi connectivity index (χ3n) is 2.82. The van der Waals surface area contributed by atoms with E-state index in [9.17, 15) is 4.79 Å². The van der Waals surface area contributed by atoms with Crippen LogP contribution in [0.2, 0.25) is 0 Å². The maximum atomic E-state index is 11.6. The number of para-hydroxylation sites is 1. The van der Waals surface area contributed by atoms with E-state index < -0.39 is 0 Å². The van der Waals surface area contributed by atoms with E-state index in [2.05, 4.69) is 15.6 Å².